The van der Waals surface area contributed by atoms with Crippen LogP contribution in [-0.2, 0) is 14.5 Å². The second kappa shape index (κ2) is 4.89. The Morgan fingerprint density at radius 1 is 1.36 bits per heavy atom. The molecule has 1 aliphatic rings. The summed E-state index contributed by atoms with van der Waals surface area (Å²) < 4.78 is 14.7. The molecule has 0 spiro atoms. The summed E-state index contributed by atoms with van der Waals surface area (Å²) in [6, 6.07) is 0. The van der Waals surface area contributed by atoms with Crippen LogP contribution in [0.4, 0.5) is 0 Å². The molecule has 0 heterocycles. The quantitative estimate of drug-likeness (QED) is 0.720. The van der Waals surface area contributed by atoms with Gasteiger partial charge in [0.05, 0.1) is 5.54 Å². The van der Waals surface area contributed by atoms with E-state index in [-0.39, 0.29) is 0 Å². The highest BCUT2D eigenvalue weighted by molar-refractivity contribution is 7.92. The Morgan fingerprint density at radius 2 is 1.79 bits per heavy atom. The fraction of sp³-hybridized carbons (Fsp3) is 0.889. The van der Waals surface area contributed by atoms with Gasteiger partial charge in [-0.3, -0.25) is 4.79 Å². The lowest BCUT2D eigenvalue weighted by Gasteiger charge is -2.34. The van der Waals surface area contributed by atoms with Crippen LogP contribution in [0.2, 0.25) is 0 Å². The van der Waals surface area contributed by atoms with Gasteiger partial charge in [0.1, 0.15) is 0 Å². The predicted molar refractivity (Wildman–Crippen MR) is 59.5 cm³/mol. The fourth-order valence-electron chi connectivity index (χ4n) is 1.06. The number of carbonyl (C=O) groups is 1. The van der Waals surface area contributed by atoms with Crippen molar-refractivity contribution in [3.63, 3.8) is 0 Å². The normalized spacial score (nSPS) is 18.6. The van der Waals surface area contributed by atoms with E-state index in [0.717, 1.165) is 6.42 Å². The fourth-order valence-corrected chi connectivity index (χ4v) is 1.64. The van der Waals surface area contributed by atoms with E-state index in [1.165, 1.54) is 12.5 Å². The van der Waals surface area contributed by atoms with E-state index in [2.05, 4.69) is 4.36 Å². The third-order valence-corrected chi connectivity index (χ3v) is 2.58. The van der Waals surface area contributed by atoms with Crippen LogP contribution in [0.3, 0.4) is 0 Å². The highest BCUT2D eigenvalue weighted by Crippen LogP contribution is 2.30. The number of carbonyl (C=O) groups excluding carboxylic acids is 1. The largest absolute Gasteiger partial charge is 0.317 e. The Kier molecular flexibility index (Phi) is 4.74. The average molecular weight is 220 g/mol. The maximum atomic E-state index is 11.3. The molecule has 5 heteroatoms. The first-order chi connectivity index (χ1) is 6.33. The summed E-state index contributed by atoms with van der Waals surface area (Å²) >= 11 is 0. The Balaban J connectivity index is 0.000000791. The summed E-state index contributed by atoms with van der Waals surface area (Å²) in [7, 11) is -2.34. The van der Waals surface area contributed by atoms with Crippen LogP contribution in [0.15, 0.2) is 4.36 Å². The number of hydrogen-bond donors (Lipinski definition) is 1. The van der Waals surface area contributed by atoms with Gasteiger partial charge in [-0.05, 0) is 19.3 Å². The van der Waals surface area contributed by atoms with Gasteiger partial charge in [0.15, 0.2) is 0 Å². The number of nitrogens with zero attached hydrogens (tertiary/aromatic N) is 1. The van der Waals surface area contributed by atoms with E-state index in [1.807, 2.05) is 13.8 Å². The Hall–Kier alpha value is -0.420. The molecule has 0 radical (unpaired) electrons. The molecule has 1 amide bonds. The molecule has 1 fully saturated rings. The minimum atomic E-state index is -2.34. The predicted octanol–water partition coefficient (Wildman–Crippen LogP) is 1.15. The molecule has 0 saturated heterocycles. The molecule has 1 rings (SSSR count). The molecular weight excluding hydrogens is 200 g/mol. The van der Waals surface area contributed by atoms with E-state index in [9.17, 15) is 9.00 Å². The molecule has 84 valence electrons. The lowest BCUT2D eigenvalue weighted by Crippen LogP contribution is -2.53. The van der Waals surface area contributed by atoms with Crippen molar-refractivity contribution in [1.29, 1.82) is 0 Å². The third kappa shape index (κ3) is 3.75. The van der Waals surface area contributed by atoms with Gasteiger partial charge in [-0.2, -0.15) is 4.36 Å². The highest BCUT2D eigenvalue weighted by atomic mass is 32.2. The molecule has 0 aromatic heterocycles. The SMILES string of the molecule is CC.CS(C)(=O)=NC(=O)C1(N)CCC1. The topological polar surface area (TPSA) is 72.5 Å². The molecule has 2 N–H and O–H groups in total. The van der Waals surface area contributed by atoms with Crippen molar-refractivity contribution >= 4 is 15.6 Å². The van der Waals surface area contributed by atoms with Gasteiger partial charge in [-0.25, -0.2) is 4.21 Å². The van der Waals surface area contributed by atoms with Crippen LogP contribution in [-0.4, -0.2) is 28.2 Å². The van der Waals surface area contributed by atoms with Gasteiger partial charge in [0, 0.05) is 22.2 Å². The van der Waals surface area contributed by atoms with Gasteiger partial charge in [-0.15, -0.1) is 0 Å². The van der Waals surface area contributed by atoms with Crippen molar-refractivity contribution in [3.05, 3.63) is 0 Å². The van der Waals surface area contributed by atoms with Gasteiger partial charge < -0.3 is 5.73 Å². The zero-order valence-electron chi connectivity index (χ0n) is 9.37. The van der Waals surface area contributed by atoms with E-state index in [0.29, 0.717) is 12.8 Å². The van der Waals surface area contributed by atoms with Crippen LogP contribution in [0.25, 0.3) is 0 Å². The molecule has 0 unspecified atom stereocenters. The summed E-state index contributed by atoms with van der Waals surface area (Å²) in [6.07, 6.45) is 5.18. The summed E-state index contributed by atoms with van der Waals surface area (Å²) in [5.74, 6) is -0.399. The minimum absolute atomic E-state index is 0.399. The van der Waals surface area contributed by atoms with Crippen molar-refractivity contribution in [2.75, 3.05) is 12.5 Å². The zero-order chi connectivity index (χ0) is 11.4. The van der Waals surface area contributed by atoms with E-state index in [1.54, 1.807) is 0 Å². The first kappa shape index (κ1) is 13.6. The van der Waals surface area contributed by atoms with Crippen molar-refractivity contribution in [2.45, 2.75) is 38.6 Å². The molecule has 1 aliphatic carbocycles. The van der Waals surface area contributed by atoms with Gasteiger partial charge in [0.25, 0.3) is 5.91 Å². The molecule has 14 heavy (non-hydrogen) atoms. The number of rotatable bonds is 1. The van der Waals surface area contributed by atoms with Crippen molar-refractivity contribution in [1.82, 2.24) is 0 Å². The van der Waals surface area contributed by atoms with Crippen LogP contribution < -0.4 is 5.73 Å². The van der Waals surface area contributed by atoms with Crippen molar-refractivity contribution in [3.8, 4) is 0 Å². The summed E-state index contributed by atoms with van der Waals surface area (Å²) in [5.41, 5.74) is 4.89. The third-order valence-electron chi connectivity index (χ3n) is 1.97. The lowest BCUT2D eigenvalue weighted by molar-refractivity contribution is -0.125. The maximum Gasteiger partial charge on any atom is 0.273 e. The van der Waals surface area contributed by atoms with Gasteiger partial charge in [0.2, 0.25) is 0 Å². The zero-order valence-corrected chi connectivity index (χ0v) is 10.2. The molecule has 0 aromatic carbocycles. The lowest BCUT2D eigenvalue weighted by atomic mass is 9.77. The smallest absolute Gasteiger partial charge is 0.273 e. The number of nitrogens with two attached hydrogens (primary N) is 1. The van der Waals surface area contributed by atoms with Crippen LogP contribution in [0.5, 0.6) is 0 Å². The van der Waals surface area contributed by atoms with Crippen molar-refractivity contribution in [2.24, 2.45) is 10.1 Å². The molecule has 0 aromatic rings. The molecule has 0 aliphatic heterocycles. The summed E-state index contributed by atoms with van der Waals surface area (Å²) in [4.78, 5) is 11.3. The van der Waals surface area contributed by atoms with Crippen LogP contribution >= 0.6 is 0 Å². The molecule has 1 saturated carbocycles. The van der Waals surface area contributed by atoms with Crippen molar-refractivity contribution < 1.29 is 9.00 Å². The summed E-state index contributed by atoms with van der Waals surface area (Å²) in [6.45, 7) is 4.00. The Bertz CT molecular complexity index is 305. The van der Waals surface area contributed by atoms with E-state index >= 15 is 0 Å². The number of amides is 1. The van der Waals surface area contributed by atoms with Gasteiger partial charge in [-0.1, -0.05) is 13.8 Å². The Morgan fingerprint density at radius 3 is 2.00 bits per heavy atom. The molecule has 4 nitrogen and oxygen atoms in total. The Labute approximate surface area is 86.4 Å². The highest BCUT2D eigenvalue weighted by Gasteiger charge is 2.40. The van der Waals surface area contributed by atoms with E-state index in [4.69, 9.17) is 5.73 Å². The first-order valence-electron chi connectivity index (χ1n) is 4.84. The minimum Gasteiger partial charge on any atom is -0.317 e. The monoisotopic (exact) mass is 220 g/mol. The first-order valence-corrected chi connectivity index (χ1v) is 7.17. The molecule has 0 atom stereocenters. The second-order valence-electron chi connectivity index (χ2n) is 3.59. The van der Waals surface area contributed by atoms with Gasteiger partial charge >= 0.3 is 0 Å². The maximum absolute atomic E-state index is 11.3. The molecule has 0 bridgehead atoms. The second-order valence-corrected chi connectivity index (χ2v) is 6.13. The summed E-state index contributed by atoms with van der Waals surface area (Å²) in [5, 5.41) is 0. The van der Waals surface area contributed by atoms with Crippen LogP contribution in [0.1, 0.15) is 33.1 Å². The average Bonchev–Trinajstić information content (AvgIpc) is 2.01. The standard InChI is InChI=1S/C7H14N2O2S.C2H6/c1-12(2,11)9-6(10)7(8)4-3-5-7;1-2/h3-5,8H2,1-2H3;1-2H3. The van der Waals surface area contributed by atoms with Crippen LogP contribution in [0, 0.1) is 0 Å². The van der Waals surface area contributed by atoms with E-state index < -0.39 is 21.2 Å². The molecular formula is C9H20N2O2S. The number of hydrogen-bond acceptors (Lipinski definition) is 3.